The fourth-order valence-corrected chi connectivity index (χ4v) is 4.85. The first-order chi connectivity index (χ1) is 7.05. The highest BCUT2D eigenvalue weighted by atomic mass is 28.3. The molecular formula is C13H16OSi. The van der Waals surface area contributed by atoms with Gasteiger partial charge in [0.15, 0.2) is 0 Å². The van der Waals surface area contributed by atoms with Crippen LogP contribution >= 0.6 is 0 Å². The summed E-state index contributed by atoms with van der Waals surface area (Å²) in [6.07, 6.45) is 4.74. The molecule has 15 heavy (non-hydrogen) atoms. The number of fused-ring (bicyclic) bond motifs is 5. The number of hydrogen-bond acceptors (Lipinski definition) is 1. The lowest BCUT2D eigenvalue weighted by molar-refractivity contribution is 0.0487. The molecule has 0 radical (unpaired) electrons. The lowest BCUT2D eigenvalue weighted by Gasteiger charge is -2.36. The molecule has 3 rings (SSSR count). The predicted octanol–water partition coefficient (Wildman–Crippen LogP) is 3.40. The molecular weight excluding hydrogens is 200 g/mol. The molecule has 0 aliphatic carbocycles. The largest absolute Gasteiger partial charge is 0.358 e. The van der Waals surface area contributed by atoms with Crippen molar-refractivity contribution in [2.24, 2.45) is 0 Å². The molecule has 1 nitrogen and oxygen atoms in total. The van der Waals surface area contributed by atoms with Crippen LogP contribution in [0.5, 0.6) is 0 Å². The molecule has 2 atom stereocenters. The summed E-state index contributed by atoms with van der Waals surface area (Å²) >= 11 is 0. The molecule has 0 fully saturated rings. The lowest BCUT2D eigenvalue weighted by atomic mass is 9.97. The minimum atomic E-state index is -1.39. The van der Waals surface area contributed by atoms with Gasteiger partial charge in [-0.15, -0.1) is 0 Å². The first-order valence-corrected chi connectivity index (χ1v) is 9.01. The van der Waals surface area contributed by atoms with Crippen LogP contribution in [0.3, 0.4) is 0 Å². The summed E-state index contributed by atoms with van der Waals surface area (Å²) in [5.74, 6) is 0. The van der Waals surface area contributed by atoms with E-state index >= 15 is 0 Å². The Labute approximate surface area is 91.8 Å². The van der Waals surface area contributed by atoms with Crippen molar-refractivity contribution in [1.82, 2.24) is 0 Å². The number of rotatable bonds is 1. The summed E-state index contributed by atoms with van der Waals surface area (Å²) in [6.45, 7) is 7.13. The molecule has 0 spiro atoms. The summed E-state index contributed by atoms with van der Waals surface area (Å²) < 4.78 is 6.25. The quantitative estimate of drug-likeness (QED) is 0.516. The van der Waals surface area contributed by atoms with Crippen molar-refractivity contribution in [2.45, 2.75) is 31.0 Å². The second-order valence-electron chi connectivity index (χ2n) is 5.47. The molecule has 2 heterocycles. The average Bonchev–Trinajstić information content (AvgIpc) is 2.74. The monoisotopic (exact) mass is 216 g/mol. The van der Waals surface area contributed by atoms with Crippen LogP contribution in [0.4, 0.5) is 0 Å². The molecule has 1 aromatic rings. The highest BCUT2D eigenvalue weighted by Gasteiger charge is 2.54. The van der Waals surface area contributed by atoms with E-state index < -0.39 is 8.07 Å². The third-order valence-corrected chi connectivity index (χ3v) is 6.38. The van der Waals surface area contributed by atoms with Gasteiger partial charge in [-0.2, -0.15) is 0 Å². The maximum atomic E-state index is 6.25. The zero-order chi connectivity index (χ0) is 10.7. The maximum absolute atomic E-state index is 6.25. The van der Waals surface area contributed by atoms with Crippen LogP contribution in [-0.2, 0) is 9.96 Å². The van der Waals surface area contributed by atoms with Crippen molar-refractivity contribution < 1.29 is 4.74 Å². The van der Waals surface area contributed by atoms with Crippen LogP contribution < -0.4 is 0 Å². The van der Waals surface area contributed by atoms with E-state index in [1.54, 1.807) is 0 Å². The predicted molar refractivity (Wildman–Crippen MR) is 64.4 cm³/mol. The van der Waals surface area contributed by atoms with Gasteiger partial charge < -0.3 is 4.74 Å². The van der Waals surface area contributed by atoms with Crippen molar-refractivity contribution in [3.63, 3.8) is 0 Å². The van der Waals surface area contributed by atoms with Crippen LogP contribution in [0.25, 0.3) is 0 Å². The van der Waals surface area contributed by atoms with Gasteiger partial charge in [0.2, 0.25) is 0 Å². The topological polar surface area (TPSA) is 9.23 Å². The molecule has 0 aromatic heterocycles. The first kappa shape index (κ1) is 9.37. The summed E-state index contributed by atoms with van der Waals surface area (Å²) in [7, 11) is -1.39. The maximum Gasteiger partial charge on any atom is 0.102 e. The van der Waals surface area contributed by atoms with E-state index in [0.717, 1.165) is 0 Å². The van der Waals surface area contributed by atoms with Gasteiger partial charge in [0.1, 0.15) is 11.3 Å². The van der Waals surface area contributed by atoms with Gasteiger partial charge in [-0.3, -0.25) is 0 Å². The number of ether oxygens (including phenoxy) is 1. The van der Waals surface area contributed by atoms with E-state index in [2.05, 4.69) is 56.1 Å². The van der Waals surface area contributed by atoms with E-state index in [-0.39, 0.29) is 11.3 Å². The van der Waals surface area contributed by atoms with Crippen molar-refractivity contribution in [1.29, 1.82) is 0 Å². The second kappa shape index (κ2) is 2.63. The standard InChI is InChI=1S/C13H16OSi/c1-15(2,3)13-9-8-12(14-13)10-6-4-5-7-11(10)13/h4-9,12H,1-3H3. The molecule has 0 N–H and O–H groups in total. The van der Waals surface area contributed by atoms with Crippen LogP contribution in [0.2, 0.25) is 19.6 Å². The molecule has 2 aliphatic heterocycles. The van der Waals surface area contributed by atoms with Crippen molar-refractivity contribution in [2.75, 3.05) is 0 Å². The Hall–Kier alpha value is -0.863. The highest BCUT2D eigenvalue weighted by Crippen LogP contribution is 2.54. The SMILES string of the molecule is C[Si](C)(C)C12C=CC(O1)c1ccccc12. The third-order valence-electron chi connectivity index (χ3n) is 3.60. The van der Waals surface area contributed by atoms with Crippen LogP contribution in [0.15, 0.2) is 36.4 Å². The van der Waals surface area contributed by atoms with Gasteiger partial charge in [-0.05, 0) is 11.1 Å². The Balaban J connectivity index is 2.25. The molecule has 2 aliphatic rings. The Morgan fingerprint density at radius 2 is 1.93 bits per heavy atom. The third kappa shape index (κ3) is 1.01. The Morgan fingerprint density at radius 3 is 2.67 bits per heavy atom. The van der Waals surface area contributed by atoms with E-state index in [0.29, 0.717) is 0 Å². The van der Waals surface area contributed by atoms with Crippen LogP contribution in [0, 0.1) is 0 Å². The molecule has 0 saturated heterocycles. The van der Waals surface area contributed by atoms with E-state index in [4.69, 9.17) is 4.74 Å². The molecule has 2 unspecified atom stereocenters. The van der Waals surface area contributed by atoms with Gasteiger partial charge in [0.25, 0.3) is 0 Å². The van der Waals surface area contributed by atoms with Crippen molar-refractivity contribution >= 4 is 8.07 Å². The normalized spacial score (nSPS) is 32.1. The van der Waals surface area contributed by atoms with Crippen LogP contribution in [-0.4, -0.2) is 8.07 Å². The van der Waals surface area contributed by atoms with E-state index in [1.165, 1.54) is 11.1 Å². The smallest absolute Gasteiger partial charge is 0.102 e. The summed E-state index contributed by atoms with van der Waals surface area (Å²) in [6, 6.07) is 8.66. The van der Waals surface area contributed by atoms with Gasteiger partial charge >= 0.3 is 0 Å². The zero-order valence-corrected chi connectivity index (χ0v) is 10.4. The van der Waals surface area contributed by atoms with Crippen molar-refractivity contribution in [3.05, 3.63) is 47.5 Å². The van der Waals surface area contributed by atoms with Crippen LogP contribution in [0.1, 0.15) is 17.2 Å². The Morgan fingerprint density at radius 1 is 1.20 bits per heavy atom. The first-order valence-electron chi connectivity index (χ1n) is 5.51. The minimum absolute atomic E-state index is 0.0613. The van der Waals surface area contributed by atoms with Gasteiger partial charge in [0.05, 0.1) is 8.07 Å². The fraction of sp³-hybridized carbons (Fsp3) is 0.385. The average molecular weight is 216 g/mol. The lowest BCUT2D eigenvalue weighted by Crippen LogP contribution is -2.47. The Bertz CT molecular complexity index is 444. The highest BCUT2D eigenvalue weighted by molar-refractivity contribution is 6.79. The van der Waals surface area contributed by atoms with Crippen molar-refractivity contribution in [3.8, 4) is 0 Å². The van der Waals surface area contributed by atoms with Gasteiger partial charge in [-0.25, -0.2) is 0 Å². The minimum Gasteiger partial charge on any atom is -0.358 e. The second-order valence-corrected chi connectivity index (χ2v) is 10.7. The summed E-state index contributed by atoms with van der Waals surface area (Å²) in [5.41, 5.74) is 2.79. The summed E-state index contributed by atoms with van der Waals surface area (Å²) in [4.78, 5) is 0. The van der Waals surface area contributed by atoms with Gasteiger partial charge in [0, 0.05) is 0 Å². The molecule has 0 amide bonds. The molecule has 2 heteroatoms. The molecule has 2 bridgehead atoms. The van der Waals surface area contributed by atoms with Gasteiger partial charge in [-0.1, -0.05) is 56.1 Å². The molecule has 1 aromatic carbocycles. The van der Waals surface area contributed by atoms with E-state index in [1.807, 2.05) is 0 Å². The number of benzene rings is 1. The fourth-order valence-electron chi connectivity index (χ4n) is 2.74. The van der Waals surface area contributed by atoms with E-state index in [9.17, 15) is 0 Å². The zero-order valence-electron chi connectivity index (χ0n) is 9.45. The number of hydrogen-bond donors (Lipinski definition) is 0. The molecule has 0 saturated carbocycles. The molecule has 78 valence electrons. The Kier molecular flexibility index (Phi) is 1.64. The summed E-state index contributed by atoms with van der Waals surface area (Å²) in [5, 5.41) is -0.0613.